The predicted molar refractivity (Wildman–Crippen MR) is 125 cm³/mol. The van der Waals surface area contributed by atoms with E-state index in [1.807, 2.05) is 0 Å². The first kappa shape index (κ1) is 24.8. The number of aliphatic hydroxyl groups is 3. The summed E-state index contributed by atoms with van der Waals surface area (Å²) in [6, 6.07) is 5.47. The Labute approximate surface area is 206 Å². The molecule has 2 aromatic rings. The molecule has 0 aromatic heterocycles. The highest BCUT2D eigenvalue weighted by Gasteiger charge is 2.49. The maximum absolute atomic E-state index is 13.3. The fraction of sp³-hybridized carbons (Fsp3) is 0.462. The van der Waals surface area contributed by atoms with Crippen molar-refractivity contribution in [1.29, 1.82) is 0 Å². The second-order valence-corrected chi connectivity index (χ2v) is 9.99. The van der Waals surface area contributed by atoms with Crippen LogP contribution in [-0.4, -0.2) is 73.3 Å². The number of phenols is 2. The molecule has 0 spiro atoms. The Morgan fingerprint density at radius 3 is 2.25 bits per heavy atom. The third-order valence-corrected chi connectivity index (χ3v) is 7.65. The lowest BCUT2D eigenvalue weighted by Gasteiger charge is -2.43. The van der Waals surface area contributed by atoms with E-state index in [1.54, 1.807) is 19.1 Å². The van der Waals surface area contributed by atoms with E-state index in [0.717, 1.165) is 0 Å². The SMILES string of the molecule is C[C@@H]1O[C@@H](O[C@H]2C[C@](O)([C@H](C)O)Cc3c(O)c4c(c(O)c32)C(=O)c2ccccc2C4=O)C[C@H](N)[C@@H]1O. The summed E-state index contributed by atoms with van der Waals surface area (Å²) in [7, 11) is 0. The number of ether oxygens (including phenoxy) is 2. The van der Waals surface area contributed by atoms with Gasteiger partial charge in [-0.15, -0.1) is 0 Å². The van der Waals surface area contributed by atoms with Gasteiger partial charge in [0.25, 0.3) is 0 Å². The number of aromatic hydroxyl groups is 2. The van der Waals surface area contributed by atoms with Crippen molar-refractivity contribution in [2.45, 2.75) is 75.5 Å². The first-order valence-electron chi connectivity index (χ1n) is 11.9. The minimum Gasteiger partial charge on any atom is -0.507 e. The van der Waals surface area contributed by atoms with Crippen molar-refractivity contribution < 1.29 is 44.6 Å². The minimum atomic E-state index is -1.78. The van der Waals surface area contributed by atoms with Crippen LogP contribution in [0.25, 0.3) is 0 Å². The highest BCUT2D eigenvalue weighted by molar-refractivity contribution is 6.30. The van der Waals surface area contributed by atoms with Gasteiger partial charge < -0.3 is 40.7 Å². The summed E-state index contributed by atoms with van der Waals surface area (Å²) in [6.45, 7) is 3.01. The molecule has 1 aliphatic heterocycles. The lowest BCUT2D eigenvalue weighted by Crippen LogP contribution is -2.53. The number of aliphatic hydroxyl groups excluding tert-OH is 2. The summed E-state index contributed by atoms with van der Waals surface area (Å²) in [5.74, 6) is -2.35. The second-order valence-electron chi connectivity index (χ2n) is 9.99. The summed E-state index contributed by atoms with van der Waals surface area (Å²) in [5.41, 5.74) is 3.77. The van der Waals surface area contributed by atoms with Gasteiger partial charge in [-0.3, -0.25) is 9.59 Å². The van der Waals surface area contributed by atoms with E-state index in [0.29, 0.717) is 0 Å². The van der Waals surface area contributed by atoms with Crippen molar-refractivity contribution in [3.8, 4) is 11.5 Å². The third-order valence-electron chi connectivity index (χ3n) is 7.65. The number of carbonyl (C=O) groups is 2. The first-order chi connectivity index (χ1) is 16.9. The fourth-order valence-electron chi connectivity index (χ4n) is 5.50. The molecule has 3 aliphatic rings. The maximum atomic E-state index is 13.3. The number of fused-ring (bicyclic) bond motifs is 3. The van der Waals surface area contributed by atoms with Crippen LogP contribution in [-0.2, 0) is 15.9 Å². The zero-order valence-electron chi connectivity index (χ0n) is 19.8. The predicted octanol–water partition coefficient (Wildman–Crippen LogP) is 0.812. The lowest BCUT2D eigenvalue weighted by molar-refractivity contribution is -0.250. The van der Waals surface area contributed by atoms with Gasteiger partial charge in [0, 0.05) is 47.6 Å². The number of rotatable bonds is 3. The van der Waals surface area contributed by atoms with Crippen LogP contribution >= 0.6 is 0 Å². The van der Waals surface area contributed by atoms with Crippen molar-refractivity contribution in [2.24, 2.45) is 5.73 Å². The van der Waals surface area contributed by atoms with E-state index in [-0.39, 0.29) is 52.6 Å². The Hall–Kier alpha value is -2.86. The molecule has 2 aromatic carbocycles. The van der Waals surface area contributed by atoms with E-state index in [1.165, 1.54) is 19.1 Å². The summed E-state index contributed by atoms with van der Waals surface area (Å²) >= 11 is 0. The number of carbonyl (C=O) groups excluding carboxylic acids is 2. The van der Waals surface area contributed by atoms with Crippen molar-refractivity contribution in [3.05, 3.63) is 57.6 Å². The minimum absolute atomic E-state index is 0.000350. The Kier molecular flexibility index (Phi) is 5.94. The highest BCUT2D eigenvalue weighted by atomic mass is 16.7. The number of nitrogens with two attached hydrogens (primary N) is 1. The van der Waals surface area contributed by atoms with Crippen LogP contribution in [0, 0.1) is 0 Å². The van der Waals surface area contributed by atoms with Crippen molar-refractivity contribution in [3.63, 3.8) is 0 Å². The summed E-state index contributed by atoms with van der Waals surface area (Å²) in [4.78, 5) is 26.6. The van der Waals surface area contributed by atoms with Gasteiger partial charge in [-0.2, -0.15) is 0 Å². The van der Waals surface area contributed by atoms with Crippen LogP contribution in [0.1, 0.15) is 75.8 Å². The monoisotopic (exact) mass is 499 g/mol. The fourth-order valence-corrected chi connectivity index (χ4v) is 5.50. The molecular formula is C26H29NO9. The van der Waals surface area contributed by atoms with Crippen LogP contribution < -0.4 is 5.73 Å². The van der Waals surface area contributed by atoms with Gasteiger partial charge >= 0.3 is 0 Å². The quantitative estimate of drug-likeness (QED) is 0.282. The largest absolute Gasteiger partial charge is 0.507 e. The molecule has 10 heteroatoms. The van der Waals surface area contributed by atoms with E-state index < -0.39 is 65.4 Å². The molecule has 5 rings (SSSR count). The Morgan fingerprint density at radius 1 is 1.11 bits per heavy atom. The Morgan fingerprint density at radius 2 is 1.69 bits per heavy atom. The third kappa shape index (κ3) is 3.64. The zero-order chi connectivity index (χ0) is 26.1. The number of hydrogen-bond donors (Lipinski definition) is 6. The summed E-state index contributed by atoms with van der Waals surface area (Å²) in [5, 5.41) is 54.4. The number of phenolic OH excluding ortho intramolecular Hbond substituents is 2. The van der Waals surface area contributed by atoms with Crippen molar-refractivity contribution in [2.75, 3.05) is 0 Å². The number of hydrogen-bond acceptors (Lipinski definition) is 10. The van der Waals surface area contributed by atoms with Gasteiger partial charge in [0.05, 0.1) is 41.1 Å². The van der Waals surface area contributed by atoms with Gasteiger partial charge in [0.1, 0.15) is 11.5 Å². The standard InChI is InChI=1S/C26H29NO9/c1-10-21(29)15(27)7-17(35-10)36-16-9-26(34,11(2)28)8-14-18(16)25(33)20-19(24(14)32)22(30)12-5-3-4-6-13(12)23(20)31/h3-6,10-11,15-17,21,28-29,32-34H,7-9,27H2,1-2H3/t10-,11-,15-,16-,17-,21+,26-/m0/s1. The van der Waals surface area contributed by atoms with Gasteiger partial charge in [0.15, 0.2) is 17.9 Å². The van der Waals surface area contributed by atoms with Crippen molar-refractivity contribution in [1.82, 2.24) is 0 Å². The van der Waals surface area contributed by atoms with Crippen LogP contribution in [0.4, 0.5) is 0 Å². The summed E-state index contributed by atoms with van der Waals surface area (Å²) < 4.78 is 11.8. The number of ketones is 2. The topological polar surface area (TPSA) is 180 Å². The van der Waals surface area contributed by atoms with Crippen LogP contribution in [0.5, 0.6) is 11.5 Å². The normalized spacial score (nSPS) is 32.4. The molecule has 1 heterocycles. The molecule has 0 saturated carbocycles. The maximum Gasteiger partial charge on any atom is 0.198 e. The molecule has 0 bridgehead atoms. The van der Waals surface area contributed by atoms with Gasteiger partial charge in [-0.05, 0) is 13.8 Å². The van der Waals surface area contributed by atoms with E-state index >= 15 is 0 Å². The van der Waals surface area contributed by atoms with E-state index in [4.69, 9.17) is 15.2 Å². The van der Waals surface area contributed by atoms with Crippen molar-refractivity contribution >= 4 is 11.6 Å². The molecule has 1 saturated heterocycles. The molecule has 0 amide bonds. The smallest absolute Gasteiger partial charge is 0.198 e. The molecule has 1 fully saturated rings. The lowest BCUT2D eigenvalue weighted by atomic mass is 9.71. The molecule has 36 heavy (non-hydrogen) atoms. The molecule has 7 N–H and O–H groups in total. The highest BCUT2D eigenvalue weighted by Crippen LogP contribution is 2.52. The van der Waals surface area contributed by atoms with Gasteiger partial charge in [-0.1, -0.05) is 24.3 Å². The van der Waals surface area contributed by atoms with E-state index in [2.05, 4.69) is 0 Å². The average Bonchev–Trinajstić information content (AvgIpc) is 2.82. The molecule has 7 atom stereocenters. The second kappa shape index (κ2) is 8.62. The molecule has 0 radical (unpaired) electrons. The Balaban J connectivity index is 1.66. The van der Waals surface area contributed by atoms with E-state index in [9.17, 15) is 35.1 Å². The average molecular weight is 500 g/mol. The molecular weight excluding hydrogens is 470 g/mol. The van der Waals surface area contributed by atoms with Crippen LogP contribution in [0.2, 0.25) is 0 Å². The number of benzene rings is 2. The Bertz CT molecular complexity index is 1250. The first-order valence-corrected chi connectivity index (χ1v) is 11.9. The zero-order valence-corrected chi connectivity index (χ0v) is 19.8. The molecule has 192 valence electrons. The van der Waals surface area contributed by atoms with Gasteiger partial charge in [0.2, 0.25) is 0 Å². The van der Waals surface area contributed by atoms with Crippen LogP contribution in [0.15, 0.2) is 24.3 Å². The molecule has 2 aliphatic carbocycles. The van der Waals surface area contributed by atoms with Gasteiger partial charge in [-0.25, -0.2) is 0 Å². The molecule has 10 nitrogen and oxygen atoms in total. The van der Waals surface area contributed by atoms with Crippen LogP contribution in [0.3, 0.4) is 0 Å². The summed E-state index contributed by atoms with van der Waals surface area (Å²) in [6.07, 6.45) is -5.29. The molecule has 0 unspecified atom stereocenters.